The first-order chi connectivity index (χ1) is 35.0. The van der Waals surface area contributed by atoms with Crippen LogP contribution in [0.2, 0.25) is 0 Å². The van der Waals surface area contributed by atoms with Crippen molar-refractivity contribution in [2.75, 3.05) is 13.2 Å². The van der Waals surface area contributed by atoms with Crippen LogP contribution in [-0.2, 0) is 14.3 Å². The van der Waals surface area contributed by atoms with E-state index in [4.69, 9.17) is 4.74 Å². The topological polar surface area (TPSA) is 95.9 Å². The third-order valence-electron chi connectivity index (χ3n) is 14.3. The summed E-state index contributed by atoms with van der Waals surface area (Å²) in [6, 6.07) is -0.544. The molecule has 6 heteroatoms. The summed E-state index contributed by atoms with van der Waals surface area (Å²) in [6.45, 7) is 4.89. The van der Waals surface area contributed by atoms with Crippen LogP contribution in [0.5, 0.6) is 0 Å². The zero-order chi connectivity index (χ0) is 51.4. The van der Waals surface area contributed by atoms with E-state index >= 15 is 0 Å². The number of carbonyl (C=O) groups is 2. The molecule has 6 nitrogen and oxygen atoms in total. The Bertz CT molecular complexity index is 1190. The molecule has 0 aromatic heterocycles. The Morgan fingerprint density at radius 1 is 0.394 bits per heavy atom. The summed E-state index contributed by atoms with van der Waals surface area (Å²) in [4.78, 5) is 24.5. The maximum absolute atomic E-state index is 12.5. The van der Waals surface area contributed by atoms with Gasteiger partial charge in [0.25, 0.3) is 0 Å². The third-order valence-corrected chi connectivity index (χ3v) is 14.3. The summed E-state index contributed by atoms with van der Waals surface area (Å²) in [5.41, 5.74) is 0. The van der Waals surface area contributed by atoms with E-state index in [9.17, 15) is 19.8 Å². The van der Waals surface area contributed by atoms with Crippen LogP contribution < -0.4 is 5.32 Å². The molecule has 0 aromatic rings. The Balaban J connectivity index is 3.42. The fraction of sp³-hybridized carbons (Fsp3) is 0.846. The number of nitrogens with one attached hydrogen (secondary N) is 1. The van der Waals surface area contributed by atoms with Crippen LogP contribution in [0.25, 0.3) is 0 Å². The summed E-state index contributed by atoms with van der Waals surface area (Å²) >= 11 is 0. The zero-order valence-corrected chi connectivity index (χ0v) is 47.5. The van der Waals surface area contributed by atoms with E-state index < -0.39 is 12.1 Å². The molecule has 0 radical (unpaired) electrons. The number of rotatable bonds is 58. The van der Waals surface area contributed by atoms with Crippen molar-refractivity contribution in [2.45, 2.75) is 341 Å². The first kappa shape index (κ1) is 68.8. The number of esters is 1. The molecular formula is C65H121NO5. The lowest BCUT2D eigenvalue weighted by Crippen LogP contribution is -2.45. The molecule has 2 unspecified atom stereocenters. The molecular weight excluding hydrogens is 875 g/mol. The molecule has 0 aliphatic rings. The normalized spacial score (nSPS) is 12.9. The minimum atomic E-state index is -0.666. The van der Waals surface area contributed by atoms with Crippen molar-refractivity contribution in [3.05, 3.63) is 48.6 Å². The van der Waals surface area contributed by atoms with Gasteiger partial charge < -0.3 is 20.3 Å². The van der Waals surface area contributed by atoms with Gasteiger partial charge in [-0.2, -0.15) is 0 Å². The van der Waals surface area contributed by atoms with Crippen molar-refractivity contribution < 1.29 is 24.5 Å². The van der Waals surface area contributed by atoms with Crippen LogP contribution in [0.15, 0.2) is 48.6 Å². The summed E-state index contributed by atoms with van der Waals surface area (Å²) in [7, 11) is 0. The molecule has 0 saturated carbocycles. The second kappa shape index (κ2) is 60.4. The number of aliphatic hydroxyl groups is 2. The maximum atomic E-state index is 12.5. The highest BCUT2D eigenvalue weighted by Crippen LogP contribution is 2.17. The summed E-state index contributed by atoms with van der Waals surface area (Å²) in [6.07, 6.45) is 77.0. The van der Waals surface area contributed by atoms with Gasteiger partial charge in [-0.3, -0.25) is 9.59 Å². The lowest BCUT2D eigenvalue weighted by Gasteiger charge is -2.22. The van der Waals surface area contributed by atoms with Gasteiger partial charge in [-0.15, -0.1) is 0 Å². The van der Waals surface area contributed by atoms with Crippen molar-refractivity contribution >= 4 is 11.9 Å². The van der Waals surface area contributed by atoms with Crippen LogP contribution >= 0.6 is 0 Å². The van der Waals surface area contributed by atoms with Gasteiger partial charge in [-0.1, -0.05) is 281 Å². The minimum Gasteiger partial charge on any atom is -0.466 e. The first-order valence-corrected chi connectivity index (χ1v) is 31.4. The monoisotopic (exact) mass is 996 g/mol. The van der Waals surface area contributed by atoms with Crippen LogP contribution in [0.1, 0.15) is 328 Å². The van der Waals surface area contributed by atoms with Crippen LogP contribution in [0.4, 0.5) is 0 Å². The Kier molecular flexibility index (Phi) is 58.5. The highest BCUT2D eigenvalue weighted by Gasteiger charge is 2.20. The first-order valence-electron chi connectivity index (χ1n) is 31.4. The summed E-state index contributed by atoms with van der Waals surface area (Å²) in [5.74, 6) is -0.0426. The smallest absolute Gasteiger partial charge is 0.305 e. The molecule has 3 N–H and O–H groups in total. The van der Waals surface area contributed by atoms with E-state index in [1.165, 1.54) is 238 Å². The number of amides is 1. The lowest BCUT2D eigenvalue weighted by molar-refractivity contribution is -0.143. The number of aliphatic hydroxyl groups excluding tert-OH is 2. The van der Waals surface area contributed by atoms with Gasteiger partial charge >= 0.3 is 5.97 Å². The van der Waals surface area contributed by atoms with Crippen LogP contribution in [0.3, 0.4) is 0 Å². The molecule has 0 rings (SSSR count). The Morgan fingerprint density at radius 3 is 1.13 bits per heavy atom. The molecule has 0 aliphatic carbocycles. The molecule has 0 spiro atoms. The number of hydrogen-bond donors (Lipinski definition) is 3. The third kappa shape index (κ3) is 57.0. The average molecular weight is 997 g/mol. The van der Waals surface area contributed by atoms with Gasteiger partial charge in [0.1, 0.15) is 0 Å². The highest BCUT2D eigenvalue weighted by molar-refractivity contribution is 5.76. The van der Waals surface area contributed by atoms with E-state index in [2.05, 4.69) is 67.8 Å². The molecule has 2 atom stereocenters. The number of hydrogen-bond acceptors (Lipinski definition) is 5. The second-order valence-corrected chi connectivity index (χ2v) is 21.4. The number of carbonyl (C=O) groups excluding carboxylic acids is 2. The Morgan fingerprint density at radius 2 is 0.732 bits per heavy atom. The molecule has 416 valence electrons. The van der Waals surface area contributed by atoms with Crippen molar-refractivity contribution in [1.29, 1.82) is 0 Å². The largest absolute Gasteiger partial charge is 0.466 e. The molecule has 71 heavy (non-hydrogen) atoms. The van der Waals surface area contributed by atoms with Crippen molar-refractivity contribution in [3.8, 4) is 0 Å². The molecule has 0 aromatic carbocycles. The maximum Gasteiger partial charge on any atom is 0.305 e. The quantitative estimate of drug-likeness (QED) is 0.0321. The minimum absolute atomic E-state index is 0.00507. The Hall–Kier alpha value is -2.18. The van der Waals surface area contributed by atoms with E-state index in [0.717, 1.165) is 57.8 Å². The van der Waals surface area contributed by atoms with Gasteiger partial charge in [0.05, 0.1) is 25.4 Å². The Labute approximate surface area is 442 Å². The fourth-order valence-corrected chi connectivity index (χ4v) is 9.53. The number of unbranched alkanes of at least 4 members (excludes halogenated alkanes) is 39. The second-order valence-electron chi connectivity index (χ2n) is 21.4. The van der Waals surface area contributed by atoms with Gasteiger partial charge in [-0.25, -0.2) is 0 Å². The van der Waals surface area contributed by atoms with Crippen molar-refractivity contribution in [1.82, 2.24) is 5.32 Å². The molecule has 0 bridgehead atoms. The van der Waals surface area contributed by atoms with Gasteiger partial charge in [-0.05, 0) is 83.5 Å². The van der Waals surface area contributed by atoms with E-state index in [1.807, 2.05) is 0 Å². The molecule has 0 heterocycles. The van der Waals surface area contributed by atoms with Crippen molar-refractivity contribution in [3.63, 3.8) is 0 Å². The van der Waals surface area contributed by atoms with Crippen LogP contribution in [0, 0.1) is 0 Å². The predicted molar refractivity (Wildman–Crippen MR) is 310 cm³/mol. The predicted octanol–water partition coefficient (Wildman–Crippen LogP) is 19.7. The lowest BCUT2D eigenvalue weighted by atomic mass is 10.0. The van der Waals surface area contributed by atoms with Crippen molar-refractivity contribution in [2.24, 2.45) is 0 Å². The number of ether oxygens (including phenoxy) is 1. The van der Waals surface area contributed by atoms with Gasteiger partial charge in [0, 0.05) is 12.8 Å². The van der Waals surface area contributed by atoms with Gasteiger partial charge in [0.15, 0.2) is 0 Å². The standard InChI is InChI=1S/C65H121NO5/c1-3-5-7-9-11-13-15-17-34-37-41-45-49-53-57-63(68)62(61-67)66-64(69)58-54-50-46-42-38-35-31-29-27-25-23-21-19-18-20-22-24-26-28-30-32-36-40-44-48-52-56-60-71-65(70)59-55-51-47-43-39-33-16-14-12-10-8-6-4-2/h8,10,14,16,18-19,22,24,62-63,67-68H,3-7,9,11-13,15,17,20-21,23,25-61H2,1-2H3,(H,66,69)/b10-8-,16-14-,19-18-,24-22-. The van der Waals surface area contributed by atoms with E-state index in [0.29, 0.717) is 25.9 Å². The highest BCUT2D eigenvalue weighted by atomic mass is 16.5. The van der Waals surface area contributed by atoms with Crippen LogP contribution in [-0.4, -0.2) is 47.4 Å². The average Bonchev–Trinajstić information content (AvgIpc) is 3.37. The van der Waals surface area contributed by atoms with E-state index in [1.54, 1.807) is 0 Å². The molecule has 0 aliphatic heterocycles. The SMILES string of the molecule is CCC/C=C\C/C=C\CCCCCCCC(=O)OCCCCCCCCCCC/C=C\C/C=C\CCCCCCCCCCCCCC(=O)NC(CO)C(O)CCCCCCCCCCCCCCCC. The fourth-order valence-electron chi connectivity index (χ4n) is 9.53. The summed E-state index contributed by atoms with van der Waals surface area (Å²) in [5, 5.41) is 23.3. The molecule has 0 fully saturated rings. The number of allylic oxidation sites excluding steroid dienone is 8. The molecule has 1 amide bonds. The van der Waals surface area contributed by atoms with E-state index in [-0.39, 0.29) is 18.5 Å². The summed E-state index contributed by atoms with van der Waals surface area (Å²) < 4.78 is 5.46. The molecule has 0 saturated heterocycles. The zero-order valence-electron chi connectivity index (χ0n) is 47.5. The van der Waals surface area contributed by atoms with Gasteiger partial charge in [0.2, 0.25) is 5.91 Å².